The molecule has 1 amide bonds. The Morgan fingerprint density at radius 2 is 1.78 bits per heavy atom. The Labute approximate surface area is 265 Å². The summed E-state index contributed by atoms with van der Waals surface area (Å²) in [5.74, 6) is -6.70. The topological polar surface area (TPSA) is 149 Å². The maximum absolute atomic E-state index is 13.7. The number of fused-ring (bicyclic) bond motifs is 2. The van der Waals surface area contributed by atoms with Crippen molar-refractivity contribution < 1.29 is 36.6 Å². The van der Waals surface area contributed by atoms with Gasteiger partial charge < -0.3 is 16.2 Å². The van der Waals surface area contributed by atoms with Crippen molar-refractivity contribution in [1.82, 2.24) is 24.7 Å². The predicted molar refractivity (Wildman–Crippen MR) is 160 cm³/mol. The fourth-order valence-electron chi connectivity index (χ4n) is 5.24. The fourth-order valence-corrected chi connectivity index (χ4v) is 6.49. The lowest BCUT2D eigenvalue weighted by atomic mass is 9.85. The number of nitrogens with zero attached hydrogens (tertiary/aromatic N) is 5. The number of aromatic carboxylic acids is 1. The Hall–Kier alpha value is -4.70. The van der Waals surface area contributed by atoms with E-state index in [-0.39, 0.29) is 44.8 Å². The van der Waals surface area contributed by atoms with Gasteiger partial charge in [-0.05, 0) is 44.2 Å². The molecule has 2 aromatic carbocycles. The van der Waals surface area contributed by atoms with Crippen molar-refractivity contribution >= 4 is 57.4 Å². The number of nitrogens with two attached hydrogens (primary N) is 1. The van der Waals surface area contributed by atoms with Gasteiger partial charge in [0.2, 0.25) is 5.91 Å². The number of carboxylic acids is 1. The van der Waals surface area contributed by atoms with Gasteiger partial charge in [0.25, 0.3) is 0 Å². The van der Waals surface area contributed by atoms with Crippen molar-refractivity contribution in [3.8, 4) is 22.8 Å². The van der Waals surface area contributed by atoms with Crippen LogP contribution in [-0.2, 0) is 16.8 Å². The van der Waals surface area contributed by atoms with Crippen LogP contribution in [0.1, 0.15) is 39.2 Å². The van der Waals surface area contributed by atoms with E-state index >= 15 is 0 Å². The van der Waals surface area contributed by atoms with Gasteiger partial charge in [-0.25, -0.2) is 19.7 Å². The zero-order valence-corrected chi connectivity index (χ0v) is 25.3. The van der Waals surface area contributed by atoms with Gasteiger partial charge in [-0.3, -0.25) is 9.48 Å². The number of aryl methyl sites for hydroxylation is 2. The first-order valence-corrected chi connectivity index (χ1v) is 14.6. The summed E-state index contributed by atoms with van der Waals surface area (Å²) >= 11 is 7.33. The zero-order valence-electron chi connectivity index (χ0n) is 23.7. The summed E-state index contributed by atoms with van der Waals surface area (Å²) < 4.78 is 67.0. The number of halogens is 6. The molecule has 10 nitrogen and oxygen atoms in total. The van der Waals surface area contributed by atoms with Crippen LogP contribution >= 0.6 is 22.9 Å². The average Bonchev–Trinajstić information content (AvgIpc) is 3.63. The summed E-state index contributed by atoms with van der Waals surface area (Å²) in [7, 11) is 0. The van der Waals surface area contributed by atoms with Crippen molar-refractivity contribution in [2.24, 2.45) is 0 Å². The van der Waals surface area contributed by atoms with Gasteiger partial charge >= 0.3 is 18.1 Å². The summed E-state index contributed by atoms with van der Waals surface area (Å²) in [6, 6.07) is 10.5. The number of amides is 1. The van der Waals surface area contributed by atoms with Crippen LogP contribution in [0, 0.1) is 6.92 Å². The number of carbonyl (C=O) groups is 2. The number of aromatic nitrogens is 5. The maximum Gasteiger partial charge on any atom is 0.453 e. The molecule has 4 heterocycles. The lowest BCUT2D eigenvalue weighted by Crippen LogP contribution is -2.37. The molecule has 46 heavy (non-hydrogen) atoms. The number of alkyl halides is 5. The van der Waals surface area contributed by atoms with Gasteiger partial charge in [0.05, 0.1) is 22.3 Å². The molecule has 17 heteroatoms. The minimum absolute atomic E-state index is 0.0246. The third-order valence-electron chi connectivity index (χ3n) is 7.73. The molecule has 0 fully saturated rings. The van der Waals surface area contributed by atoms with Crippen molar-refractivity contribution in [2.45, 2.75) is 44.3 Å². The summed E-state index contributed by atoms with van der Waals surface area (Å²) in [6.07, 6.45) is -7.31. The first-order valence-electron chi connectivity index (χ1n) is 13.4. The number of hydrogen-bond donors (Lipinski definition) is 3. The lowest BCUT2D eigenvalue weighted by molar-refractivity contribution is -0.285. The molecule has 0 radical (unpaired) electrons. The van der Waals surface area contributed by atoms with Gasteiger partial charge in [0.15, 0.2) is 5.82 Å². The Morgan fingerprint density at radius 3 is 2.43 bits per heavy atom. The minimum Gasteiger partial charge on any atom is -0.478 e. The molecule has 5 aromatic rings. The van der Waals surface area contributed by atoms with Gasteiger partial charge in [0.1, 0.15) is 27.8 Å². The van der Waals surface area contributed by atoms with Crippen LogP contribution in [0.4, 0.5) is 33.6 Å². The summed E-state index contributed by atoms with van der Waals surface area (Å²) in [5, 5.41) is 17.0. The molecule has 1 aliphatic rings. The molecule has 6 rings (SSSR count). The van der Waals surface area contributed by atoms with Crippen molar-refractivity contribution in [2.75, 3.05) is 11.1 Å². The predicted octanol–water partition coefficient (Wildman–Crippen LogP) is 6.70. The molecule has 0 spiro atoms. The quantitative estimate of drug-likeness (QED) is 0.161. The van der Waals surface area contributed by atoms with Crippen LogP contribution in [0.5, 0.6) is 0 Å². The number of benzene rings is 2. The molecule has 0 saturated heterocycles. The van der Waals surface area contributed by atoms with E-state index in [1.165, 1.54) is 41.7 Å². The normalized spacial score (nSPS) is 16.6. The molecule has 0 unspecified atom stereocenters. The van der Waals surface area contributed by atoms with E-state index in [9.17, 15) is 36.6 Å². The molecule has 0 aliphatic carbocycles. The average molecular weight is 678 g/mol. The highest BCUT2D eigenvalue weighted by Gasteiger charge is 2.57. The van der Waals surface area contributed by atoms with E-state index in [1.807, 2.05) is 0 Å². The Bertz CT molecular complexity index is 2060. The first kappa shape index (κ1) is 31.3. The van der Waals surface area contributed by atoms with Gasteiger partial charge in [0, 0.05) is 33.8 Å². The van der Waals surface area contributed by atoms with E-state index in [0.29, 0.717) is 21.7 Å². The number of hydrogen-bond acceptors (Lipinski definition) is 8. The Balaban J connectivity index is 1.40. The van der Waals surface area contributed by atoms with E-state index in [4.69, 9.17) is 22.3 Å². The molecule has 0 bridgehead atoms. The van der Waals surface area contributed by atoms with Crippen LogP contribution < -0.4 is 11.1 Å². The van der Waals surface area contributed by atoms with Gasteiger partial charge in [-0.2, -0.15) is 27.1 Å². The standard InChI is InChI=1S/C29H21ClF5N7O3S/c1-12-19(13-3-5-14(6-4-13)24(43)44)37-26(46-12)27(2)18-21(36)38-23(39-22(18)40-25(27)45)20-16-8-7-15(30)11-17(16)42(41-20)10-9-28(31,32)29(33,34)35/h3-8,11H,9-10H2,1-2H3,(H,43,44)(H3,36,38,39,40,45)/t27-/m1/s1. The van der Waals surface area contributed by atoms with Gasteiger partial charge in [-0.1, -0.05) is 23.7 Å². The second-order valence-corrected chi connectivity index (χ2v) is 12.4. The second kappa shape index (κ2) is 10.7. The first-order chi connectivity index (χ1) is 21.5. The van der Waals surface area contributed by atoms with Crippen molar-refractivity contribution in [3.05, 3.63) is 68.5 Å². The smallest absolute Gasteiger partial charge is 0.453 e. The summed E-state index contributed by atoms with van der Waals surface area (Å²) in [4.78, 5) is 39.1. The van der Waals surface area contributed by atoms with Crippen LogP contribution in [0.3, 0.4) is 0 Å². The molecular weight excluding hydrogens is 657 g/mol. The van der Waals surface area contributed by atoms with E-state index in [0.717, 1.165) is 9.56 Å². The molecule has 238 valence electrons. The van der Waals surface area contributed by atoms with Crippen LogP contribution in [0.25, 0.3) is 33.7 Å². The van der Waals surface area contributed by atoms with Crippen LogP contribution in [0.2, 0.25) is 5.02 Å². The van der Waals surface area contributed by atoms with Crippen LogP contribution in [-0.4, -0.2) is 53.8 Å². The monoisotopic (exact) mass is 677 g/mol. The summed E-state index contributed by atoms with van der Waals surface area (Å²) in [5.41, 5.74) is 6.71. The van der Waals surface area contributed by atoms with Crippen molar-refractivity contribution in [3.63, 3.8) is 0 Å². The minimum atomic E-state index is -5.74. The Morgan fingerprint density at radius 1 is 1.09 bits per heavy atom. The van der Waals surface area contributed by atoms with E-state index < -0.39 is 42.4 Å². The third kappa shape index (κ3) is 5.01. The molecule has 1 aliphatic heterocycles. The number of carbonyl (C=O) groups excluding carboxylic acids is 1. The zero-order chi connectivity index (χ0) is 33.3. The molecule has 1 atom stereocenters. The molecular formula is C29H21ClF5N7O3S. The third-order valence-corrected chi connectivity index (χ3v) is 9.16. The second-order valence-electron chi connectivity index (χ2n) is 10.7. The fraction of sp³-hybridized carbons (Fsp3) is 0.241. The number of nitrogens with one attached hydrogen (secondary N) is 1. The van der Waals surface area contributed by atoms with Crippen LogP contribution in [0.15, 0.2) is 42.5 Å². The van der Waals surface area contributed by atoms with Gasteiger partial charge in [-0.15, -0.1) is 11.3 Å². The highest BCUT2D eigenvalue weighted by atomic mass is 35.5. The van der Waals surface area contributed by atoms with E-state index in [2.05, 4.69) is 20.4 Å². The number of carboxylic acid groups (broad SMARTS) is 1. The Kier molecular flexibility index (Phi) is 7.27. The highest BCUT2D eigenvalue weighted by molar-refractivity contribution is 7.12. The number of rotatable bonds is 7. The molecule has 4 N–H and O–H groups in total. The maximum atomic E-state index is 13.7. The molecule has 3 aromatic heterocycles. The lowest BCUT2D eigenvalue weighted by Gasteiger charge is -2.20. The SMILES string of the molecule is Cc1sc([C@@]2(C)C(=O)Nc3nc(-c4nn(CCC(F)(F)C(F)(F)F)c5cc(Cl)ccc45)nc(N)c32)nc1-c1ccc(C(=O)O)cc1. The number of anilines is 2. The van der Waals surface area contributed by atoms with Crippen molar-refractivity contribution in [1.29, 1.82) is 0 Å². The molecule has 0 saturated carbocycles. The number of nitrogen functional groups attached to an aromatic ring is 1. The number of thiazole rings is 1. The van der Waals surface area contributed by atoms with E-state index in [1.54, 1.807) is 26.0 Å². The highest BCUT2D eigenvalue weighted by Crippen LogP contribution is 2.48. The largest absolute Gasteiger partial charge is 0.478 e. The summed E-state index contributed by atoms with van der Waals surface area (Å²) in [6.45, 7) is 2.61.